The minimum Gasteiger partial charge on any atom is -0.341 e. The van der Waals surface area contributed by atoms with E-state index < -0.39 is 0 Å². The third-order valence-electron chi connectivity index (χ3n) is 4.63. The Kier molecular flexibility index (Phi) is 4.85. The van der Waals surface area contributed by atoms with E-state index in [9.17, 15) is 0 Å². The lowest BCUT2D eigenvalue weighted by molar-refractivity contribution is 0.167. The largest absolute Gasteiger partial charge is 0.341 e. The van der Waals surface area contributed by atoms with Crippen molar-refractivity contribution >= 4 is 11.3 Å². The molecule has 4 rings (SSSR count). The van der Waals surface area contributed by atoms with Gasteiger partial charge in [0.15, 0.2) is 5.82 Å². The molecule has 4 heterocycles. The number of likely N-dealkylation sites (tertiary alicyclic amines) is 1. The van der Waals surface area contributed by atoms with E-state index in [-0.39, 0.29) is 0 Å². The zero-order valence-corrected chi connectivity index (χ0v) is 15.2. The number of nitrogens with one attached hydrogen (secondary N) is 1. The average molecular weight is 354 g/mol. The van der Waals surface area contributed by atoms with E-state index in [1.165, 1.54) is 24.3 Å². The van der Waals surface area contributed by atoms with Crippen molar-refractivity contribution in [2.24, 2.45) is 5.92 Å². The molecule has 0 saturated carbocycles. The molecule has 3 aromatic rings. The van der Waals surface area contributed by atoms with Crippen LogP contribution in [0.4, 0.5) is 0 Å². The molecule has 7 heteroatoms. The first-order valence-electron chi connectivity index (χ1n) is 8.69. The highest BCUT2D eigenvalue weighted by atomic mass is 32.1. The third-order valence-corrected chi connectivity index (χ3v) is 5.40. The summed E-state index contributed by atoms with van der Waals surface area (Å²) in [7, 11) is 0. The summed E-state index contributed by atoms with van der Waals surface area (Å²) in [6, 6.07) is 2.07. The van der Waals surface area contributed by atoms with Gasteiger partial charge in [-0.1, -0.05) is 0 Å². The predicted molar refractivity (Wildman–Crippen MR) is 98.2 cm³/mol. The third kappa shape index (κ3) is 4.11. The number of aromatic nitrogens is 5. The first kappa shape index (κ1) is 16.4. The highest BCUT2D eigenvalue weighted by molar-refractivity contribution is 7.09. The normalized spacial score (nSPS) is 18.5. The fourth-order valence-electron chi connectivity index (χ4n) is 3.48. The Morgan fingerprint density at radius 2 is 2.24 bits per heavy atom. The minimum absolute atomic E-state index is 0.641. The number of aromatic amines is 1. The number of rotatable bonds is 5. The van der Waals surface area contributed by atoms with Gasteiger partial charge in [-0.05, 0) is 44.7 Å². The maximum atomic E-state index is 4.49. The van der Waals surface area contributed by atoms with Crippen LogP contribution >= 0.6 is 11.3 Å². The Morgan fingerprint density at radius 3 is 3.04 bits per heavy atom. The second-order valence-electron chi connectivity index (χ2n) is 6.72. The van der Waals surface area contributed by atoms with E-state index in [1.807, 2.05) is 24.8 Å². The summed E-state index contributed by atoms with van der Waals surface area (Å²) in [6.07, 6.45) is 8.97. The topological polar surface area (TPSA) is 70.6 Å². The van der Waals surface area contributed by atoms with Gasteiger partial charge < -0.3 is 4.98 Å². The van der Waals surface area contributed by atoms with Gasteiger partial charge >= 0.3 is 0 Å². The lowest BCUT2D eigenvalue weighted by Gasteiger charge is -2.32. The SMILES string of the molecule is Cc1cnc(-c2cc(CC3CCCN(Cc4cncs4)C3)ncn2)[nH]1. The van der Waals surface area contributed by atoms with Gasteiger partial charge in [0, 0.05) is 41.7 Å². The predicted octanol–water partition coefficient (Wildman–Crippen LogP) is 3.09. The molecule has 130 valence electrons. The Labute approximate surface area is 151 Å². The summed E-state index contributed by atoms with van der Waals surface area (Å²) in [4.78, 5) is 24.5. The number of nitrogens with zero attached hydrogens (tertiary/aromatic N) is 5. The second-order valence-corrected chi connectivity index (χ2v) is 7.70. The van der Waals surface area contributed by atoms with E-state index >= 15 is 0 Å². The molecule has 0 spiro atoms. The number of imidazole rings is 1. The van der Waals surface area contributed by atoms with Crippen LogP contribution in [0.2, 0.25) is 0 Å². The Hall–Kier alpha value is -2.12. The van der Waals surface area contributed by atoms with E-state index in [2.05, 4.69) is 35.9 Å². The number of aryl methyl sites for hydroxylation is 1. The van der Waals surface area contributed by atoms with Crippen LogP contribution < -0.4 is 0 Å². The summed E-state index contributed by atoms with van der Waals surface area (Å²) in [5.74, 6) is 1.46. The molecular weight excluding hydrogens is 332 g/mol. The summed E-state index contributed by atoms with van der Waals surface area (Å²) in [5.41, 5.74) is 4.93. The van der Waals surface area contributed by atoms with Crippen LogP contribution in [0.1, 0.15) is 29.1 Å². The Morgan fingerprint density at radius 1 is 1.28 bits per heavy atom. The Balaban J connectivity index is 1.41. The zero-order chi connectivity index (χ0) is 17.1. The maximum Gasteiger partial charge on any atom is 0.156 e. The average Bonchev–Trinajstić information content (AvgIpc) is 3.27. The van der Waals surface area contributed by atoms with Gasteiger partial charge in [0.2, 0.25) is 0 Å². The number of hydrogen-bond donors (Lipinski definition) is 1. The number of thiazole rings is 1. The van der Waals surface area contributed by atoms with Gasteiger partial charge in [0.25, 0.3) is 0 Å². The molecule has 0 bridgehead atoms. The molecule has 1 saturated heterocycles. The van der Waals surface area contributed by atoms with Crippen molar-refractivity contribution in [3.63, 3.8) is 0 Å². The molecule has 25 heavy (non-hydrogen) atoms. The fourth-order valence-corrected chi connectivity index (χ4v) is 4.12. The van der Waals surface area contributed by atoms with Crippen LogP contribution in [-0.2, 0) is 13.0 Å². The summed E-state index contributed by atoms with van der Waals surface area (Å²) in [6.45, 7) is 5.31. The van der Waals surface area contributed by atoms with Gasteiger partial charge in [0.05, 0.1) is 5.51 Å². The van der Waals surface area contributed by atoms with E-state index in [0.29, 0.717) is 5.92 Å². The molecule has 1 aliphatic heterocycles. The van der Waals surface area contributed by atoms with Gasteiger partial charge in [0.1, 0.15) is 12.0 Å². The molecular formula is C18H22N6S. The first-order valence-corrected chi connectivity index (χ1v) is 9.57. The quantitative estimate of drug-likeness (QED) is 0.762. The van der Waals surface area contributed by atoms with E-state index in [0.717, 1.165) is 42.4 Å². The second kappa shape index (κ2) is 7.41. The summed E-state index contributed by atoms with van der Waals surface area (Å²) in [5, 5.41) is 0. The molecule has 0 aliphatic carbocycles. The van der Waals surface area contributed by atoms with Crippen molar-refractivity contribution in [2.45, 2.75) is 32.7 Å². The molecule has 0 radical (unpaired) electrons. The minimum atomic E-state index is 0.641. The van der Waals surface area contributed by atoms with Crippen molar-refractivity contribution in [2.75, 3.05) is 13.1 Å². The van der Waals surface area contributed by atoms with Gasteiger partial charge in [-0.3, -0.25) is 9.88 Å². The molecule has 1 unspecified atom stereocenters. The maximum absolute atomic E-state index is 4.49. The molecule has 1 N–H and O–H groups in total. The van der Waals surface area contributed by atoms with E-state index in [1.54, 1.807) is 17.7 Å². The van der Waals surface area contributed by atoms with Gasteiger partial charge in [-0.25, -0.2) is 15.0 Å². The lowest BCUT2D eigenvalue weighted by atomic mass is 9.93. The van der Waals surface area contributed by atoms with Crippen molar-refractivity contribution in [3.05, 3.63) is 46.6 Å². The smallest absolute Gasteiger partial charge is 0.156 e. The van der Waals surface area contributed by atoms with Crippen LogP contribution in [-0.4, -0.2) is 42.9 Å². The standard InChI is InChI=1S/C18H22N6S/c1-13-7-20-18(23-13)17-6-15(21-11-22-17)5-14-3-2-4-24(9-14)10-16-8-19-12-25-16/h6-8,11-12,14H,2-5,9-10H2,1H3,(H,20,23). The Bertz CT molecular complexity index is 813. The molecule has 0 amide bonds. The fraction of sp³-hybridized carbons (Fsp3) is 0.444. The van der Waals surface area contributed by atoms with Crippen molar-refractivity contribution in [1.29, 1.82) is 0 Å². The number of hydrogen-bond acceptors (Lipinski definition) is 6. The summed E-state index contributed by atoms with van der Waals surface area (Å²) < 4.78 is 0. The molecule has 6 nitrogen and oxygen atoms in total. The highest BCUT2D eigenvalue weighted by Crippen LogP contribution is 2.23. The molecule has 1 aliphatic rings. The van der Waals surface area contributed by atoms with Crippen LogP contribution in [0, 0.1) is 12.8 Å². The number of piperidine rings is 1. The lowest BCUT2D eigenvalue weighted by Crippen LogP contribution is -2.35. The monoisotopic (exact) mass is 354 g/mol. The molecule has 3 aromatic heterocycles. The van der Waals surface area contributed by atoms with Crippen molar-refractivity contribution < 1.29 is 0 Å². The van der Waals surface area contributed by atoms with Crippen LogP contribution in [0.5, 0.6) is 0 Å². The highest BCUT2D eigenvalue weighted by Gasteiger charge is 2.21. The van der Waals surface area contributed by atoms with Crippen molar-refractivity contribution in [1.82, 2.24) is 29.8 Å². The van der Waals surface area contributed by atoms with Crippen LogP contribution in [0.15, 0.2) is 30.3 Å². The number of H-pyrrole nitrogens is 1. The van der Waals surface area contributed by atoms with E-state index in [4.69, 9.17) is 0 Å². The van der Waals surface area contributed by atoms with Gasteiger partial charge in [-0.2, -0.15) is 0 Å². The van der Waals surface area contributed by atoms with Crippen LogP contribution in [0.25, 0.3) is 11.5 Å². The van der Waals surface area contributed by atoms with Gasteiger partial charge in [-0.15, -0.1) is 11.3 Å². The molecule has 1 atom stereocenters. The van der Waals surface area contributed by atoms with Crippen molar-refractivity contribution in [3.8, 4) is 11.5 Å². The molecule has 1 fully saturated rings. The molecule has 0 aromatic carbocycles. The zero-order valence-electron chi connectivity index (χ0n) is 14.4. The summed E-state index contributed by atoms with van der Waals surface area (Å²) >= 11 is 1.74. The van der Waals surface area contributed by atoms with Crippen LogP contribution in [0.3, 0.4) is 0 Å². The first-order chi connectivity index (χ1) is 12.3.